The maximum Gasteiger partial charge on any atom is 0.277 e. The largest absolute Gasteiger partial charge is 0.305 e. The number of carbonyl (C=O) groups excluding carboxylic acids is 2. The van der Waals surface area contributed by atoms with E-state index in [4.69, 9.17) is 11.6 Å². The van der Waals surface area contributed by atoms with Crippen molar-refractivity contribution in [2.45, 2.75) is 19.9 Å². The van der Waals surface area contributed by atoms with Gasteiger partial charge in [0.15, 0.2) is 5.82 Å². The van der Waals surface area contributed by atoms with Crippen LogP contribution in [0, 0.1) is 6.92 Å². The second-order valence-electron chi connectivity index (χ2n) is 6.59. The minimum absolute atomic E-state index is 0.0956. The van der Waals surface area contributed by atoms with E-state index in [2.05, 4.69) is 20.4 Å². The predicted octanol–water partition coefficient (Wildman–Crippen LogP) is 3.11. The van der Waals surface area contributed by atoms with Gasteiger partial charge in [-0.3, -0.25) is 19.3 Å². The Morgan fingerprint density at radius 3 is 2.82 bits per heavy atom. The number of hydrogen-bond donors (Lipinski definition) is 1. The van der Waals surface area contributed by atoms with Crippen LogP contribution in [0.1, 0.15) is 39.4 Å². The highest BCUT2D eigenvalue weighted by molar-refractivity contribution is 6.31. The van der Waals surface area contributed by atoms with E-state index in [0.717, 1.165) is 11.3 Å². The van der Waals surface area contributed by atoms with Crippen LogP contribution in [-0.4, -0.2) is 38.1 Å². The first-order chi connectivity index (χ1) is 13.5. The smallest absolute Gasteiger partial charge is 0.277 e. The molecular formula is C19H17ClN6O2. The number of fused-ring (bicyclic) bond motifs is 1. The molecule has 0 unspecified atom stereocenters. The molecule has 0 bridgehead atoms. The maximum atomic E-state index is 13.2. The van der Waals surface area contributed by atoms with Gasteiger partial charge in [0.05, 0.1) is 24.0 Å². The number of anilines is 2. The maximum absolute atomic E-state index is 13.2. The fourth-order valence-electron chi connectivity index (χ4n) is 3.19. The van der Waals surface area contributed by atoms with E-state index in [0.29, 0.717) is 17.4 Å². The summed E-state index contributed by atoms with van der Waals surface area (Å²) < 4.78 is 1.59. The van der Waals surface area contributed by atoms with E-state index >= 15 is 0 Å². The third-order valence-electron chi connectivity index (χ3n) is 4.61. The van der Waals surface area contributed by atoms with Crippen molar-refractivity contribution in [2.75, 3.05) is 16.8 Å². The molecule has 8 nitrogen and oxygen atoms in total. The summed E-state index contributed by atoms with van der Waals surface area (Å²) in [4.78, 5) is 35.5. The predicted molar refractivity (Wildman–Crippen MR) is 105 cm³/mol. The monoisotopic (exact) mass is 396 g/mol. The fourth-order valence-corrected chi connectivity index (χ4v) is 3.31. The van der Waals surface area contributed by atoms with Gasteiger partial charge in [-0.15, -0.1) is 0 Å². The highest BCUT2D eigenvalue weighted by atomic mass is 35.5. The van der Waals surface area contributed by atoms with Crippen molar-refractivity contribution < 1.29 is 9.59 Å². The highest BCUT2D eigenvalue weighted by Gasteiger charge is 2.35. The van der Waals surface area contributed by atoms with E-state index in [1.165, 1.54) is 24.8 Å². The molecule has 2 amide bonds. The molecule has 0 radical (unpaired) electrons. The molecule has 1 aliphatic rings. The first kappa shape index (κ1) is 18.1. The molecule has 2 aromatic heterocycles. The number of nitrogens with zero attached hydrogens (tertiary/aromatic N) is 5. The van der Waals surface area contributed by atoms with E-state index in [9.17, 15) is 9.59 Å². The van der Waals surface area contributed by atoms with Gasteiger partial charge >= 0.3 is 0 Å². The third kappa shape index (κ3) is 3.11. The summed E-state index contributed by atoms with van der Waals surface area (Å²) in [5.41, 5.74) is 2.04. The number of aromatic nitrogens is 4. The summed E-state index contributed by atoms with van der Waals surface area (Å²) in [7, 11) is 0. The molecular weight excluding hydrogens is 380 g/mol. The Hall–Kier alpha value is -3.26. The van der Waals surface area contributed by atoms with Crippen LogP contribution in [0.2, 0.25) is 5.02 Å². The molecule has 28 heavy (non-hydrogen) atoms. The number of carbonyl (C=O) groups is 2. The summed E-state index contributed by atoms with van der Waals surface area (Å²) in [6.07, 6.45) is 5.82. The number of rotatable bonds is 3. The lowest BCUT2D eigenvalue weighted by atomic mass is 10.1. The van der Waals surface area contributed by atoms with Crippen molar-refractivity contribution in [1.82, 2.24) is 19.7 Å². The first-order valence-electron chi connectivity index (χ1n) is 8.68. The van der Waals surface area contributed by atoms with Gasteiger partial charge in [0.1, 0.15) is 5.69 Å². The molecule has 0 saturated carbocycles. The zero-order valence-corrected chi connectivity index (χ0v) is 16.0. The lowest BCUT2D eigenvalue weighted by molar-refractivity contribution is 0.0939. The van der Waals surface area contributed by atoms with Gasteiger partial charge in [-0.05, 0) is 37.6 Å². The van der Waals surface area contributed by atoms with Gasteiger partial charge in [0.25, 0.3) is 11.8 Å². The number of halogens is 1. The lowest BCUT2D eigenvalue weighted by Gasteiger charge is -2.32. The number of nitrogens with one attached hydrogen (secondary N) is 1. The fraction of sp³-hybridized carbons (Fsp3) is 0.211. The average molecular weight is 397 g/mol. The van der Waals surface area contributed by atoms with E-state index in [1.54, 1.807) is 21.7 Å². The molecule has 3 aromatic rings. The number of amides is 2. The molecule has 1 atom stereocenters. The van der Waals surface area contributed by atoms with Crippen LogP contribution in [0.5, 0.6) is 0 Å². The molecule has 0 aliphatic carbocycles. The molecule has 0 fully saturated rings. The van der Waals surface area contributed by atoms with Crippen LogP contribution in [0.25, 0.3) is 0 Å². The molecule has 142 valence electrons. The molecule has 3 heterocycles. The van der Waals surface area contributed by atoms with Crippen molar-refractivity contribution in [1.29, 1.82) is 0 Å². The Kier molecular flexibility index (Phi) is 4.56. The lowest BCUT2D eigenvalue weighted by Crippen LogP contribution is -2.43. The Labute approximate surface area is 166 Å². The van der Waals surface area contributed by atoms with Crippen LogP contribution in [0.4, 0.5) is 11.5 Å². The number of benzene rings is 1. The van der Waals surface area contributed by atoms with Crippen molar-refractivity contribution >= 4 is 34.9 Å². The van der Waals surface area contributed by atoms with Gasteiger partial charge in [0, 0.05) is 29.6 Å². The SMILES string of the molecule is Cc1cc(N2C[C@H](C)n3ncc(C(=O)Nc4cnccn4)c3C2=O)ccc1Cl. The Morgan fingerprint density at radius 1 is 1.29 bits per heavy atom. The standard InChI is InChI=1S/C19H17ClN6O2/c1-11-7-13(3-4-15(11)20)25-10-12(2)26-17(19(25)28)14(8-23-26)18(27)24-16-9-21-5-6-22-16/h3-9,12H,10H2,1-2H3,(H,22,24,27)/t12-/m0/s1. The normalized spacial score (nSPS) is 16.0. The Bertz CT molecular complexity index is 1070. The van der Waals surface area contributed by atoms with E-state index in [-0.39, 0.29) is 23.2 Å². The van der Waals surface area contributed by atoms with Crippen LogP contribution >= 0.6 is 11.6 Å². The summed E-state index contributed by atoms with van der Waals surface area (Å²) in [6, 6.07) is 5.32. The molecule has 0 spiro atoms. The van der Waals surface area contributed by atoms with Gasteiger partial charge in [-0.1, -0.05) is 11.6 Å². The van der Waals surface area contributed by atoms with Crippen molar-refractivity contribution in [3.05, 3.63) is 64.8 Å². The van der Waals surface area contributed by atoms with Gasteiger partial charge in [0.2, 0.25) is 0 Å². The molecule has 1 aromatic carbocycles. The third-order valence-corrected chi connectivity index (χ3v) is 5.03. The Morgan fingerprint density at radius 2 is 2.11 bits per heavy atom. The van der Waals surface area contributed by atoms with Crippen molar-refractivity contribution in [2.24, 2.45) is 0 Å². The zero-order valence-electron chi connectivity index (χ0n) is 15.3. The average Bonchev–Trinajstić information content (AvgIpc) is 3.14. The molecule has 9 heteroatoms. The summed E-state index contributed by atoms with van der Waals surface area (Å²) in [5.74, 6) is -0.452. The first-order valence-corrected chi connectivity index (χ1v) is 9.06. The van der Waals surface area contributed by atoms with Crippen LogP contribution in [-0.2, 0) is 0 Å². The number of hydrogen-bond acceptors (Lipinski definition) is 5. The minimum atomic E-state index is -0.462. The van der Waals surface area contributed by atoms with E-state index < -0.39 is 5.91 Å². The van der Waals surface area contributed by atoms with Gasteiger partial charge < -0.3 is 10.2 Å². The van der Waals surface area contributed by atoms with Crippen LogP contribution < -0.4 is 10.2 Å². The molecule has 1 aliphatic heterocycles. The summed E-state index contributed by atoms with van der Waals surface area (Å²) in [5, 5.41) is 7.54. The zero-order chi connectivity index (χ0) is 19.8. The molecule has 4 rings (SSSR count). The second-order valence-corrected chi connectivity index (χ2v) is 7.00. The van der Waals surface area contributed by atoms with Crippen molar-refractivity contribution in [3.8, 4) is 0 Å². The topological polar surface area (TPSA) is 93.0 Å². The highest BCUT2D eigenvalue weighted by Crippen LogP contribution is 2.30. The van der Waals surface area contributed by atoms with Gasteiger partial charge in [-0.2, -0.15) is 5.10 Å². The minimum Gasteiger partial charge on any atom is -0.305 e. The molecule has 0 saturated heterocycles. The quantitative estimate of drug-likeness (QED) is 0.734. The summed E-state index contributed by atoms with van der Waals surface area (Å²) >= 11 is 6.11. The van der Waals surface area contributed by atoms with E-state index in [1.807, 2.05) is 19.9 Å². The van der Waals surface area contributed by atoms with Crippen molar-refractivity contribution in [3.63, 3.8) is 0 Å². The molecule has 1 N–H and O–H groups in total. The second kappa shape index (κ2) is 7.05. The van der Waals surface area contributed by atoms with Crippen LogP contribution in [0.3, 0.4) is 0 Å². The summed E-state index contributed by atoms with van der Waals surface area (Å²) in [6.45, 7) is 4.27. The van der Waals surface area contributed by atoms with Gasteiger partial charge in [-0.25, -0.2) is 4.98 Å². The number of aryl methyl sites for hydroxylation is 1. The Balaban J connectivity index is 1.69. The van der Waals surface area contributed by atoms with Crippen LogP contribution in [0.15, 0.2) is 43.0 Å².